The summed E-state index contributed by atoms with van der Waals surface area (Å²) in [6.45, 7) is 4.68. The number of carbonyl (C=O) groups excluding carboxylic acids is 1. The number of thiazole rings is 1. The lowest BCUT2D eigenvalue weighted by atomic mass is 9.93. The molecular weight excluding hydrogens is 668 g/mol. The number of nitrogens with zero attached hydrogens (tertiary/aromatic N) is 2. The van der Waals surface area contributed by atoms with E-state index in [1.54, 1.807) is 29.7 Å². The van der Waals surface area contributed by atoms with Crippen LogP contribution in [0.15, 0.2) is 131 Å². The molecule has 1 aliphatic rings. The maximum absolute atomic E-state index is 14.5. The molecule has 0 saturated heterocycles. The van der Waals surface area contributed by atoms with E-state index in [9.17, 15) is 9.59 Å². The summed E-state index contributed by atoms with van der Waals surface area (Å²) in [6, 6.07) is 35.7. The highest BCUT2D eigenvalue weighted by atomic mass is 35.5. The van der Waals surface area contributed by atoms with Crippen LogP contribution < -0.4 is 24.4 Å². The van der Waals surface area contributed by atoms with Crippen LogP contribution in [0, 0.1) is 0 Å². The molecule has 1 aromatic heterocycles. The van der Waals surface area contributed by atoms with Gasteiger partial charge in [0, 0.05) is 16.1 Å². The van der Waals surface area contributed by atoms with E-state index >= 15 is 0 Å². The summed E-state index contributed by atoms with van der Waals surface area (Å²) in [5.41, 5.74) is 3.58. The Hall–Kier alpha value is -5.44. The molecule has 1 atom stereocenters. The number of benzene rings is 5. The predicted octanol–water partition coefficient (Wildman–Crippen LogP) is 7.72. The average Bonchev–Trinajstić information content (AvgIpc) is 3.45. The highest BCUT2D eigenvalue weighted by Gasteiger charge is 2.35. The smallest absolute Gasteiger partial charge is 0.338 e. The SMILES string of the molecule is CCOC(=O)C1=C(c2ccccc2)N=c2s/c(=C\c3cc(Cl)ccc3OCc3cccc4ccccc34)c(=O)n2[C@H]1c1ccc(OCC)cc1. The Balaban J connectivity index is 1.38. The third kappa shape index (κ3) is 6.60. The third-order valence-corrected chi connectivity index (χ3v) is 9.62. The van der Waals surface area contributed by atoms with Crippen LogP contribution in [-0.4, -0.2) is 23.8 Å². The van der Waals surface area contributed by atoms with Gasteiger partial charge in [-0.2, -0.15) is 0 Å². The Morgan fingerprint density at radius 3 is 2.42 bits per heavy atom. The van der Waals surface area contributed by atoms with Crippen LogP contribution in [-0.2, 0) is 16.1 Å². The number of fused-ring (bicyclic) bond motifs is 2. The molecule has 50 heavy (non-hydrogen) atoms. The molecule has 0 fully saturated rings. The predicted molar refractivity (Wildman–Crippen MR) is 198 cm³/mol. The molecule has 0 spiro atoms. The first-order chi connectivity index (χ1) is 24.4. The van der Waals surface area contributed by atoms with Crippen LogP contribution in [0.25, 0.3) is 22.5 Å². The summed E-state index contributed by atoms with van der Waals surface area (Å²) < 4.78 is 19.6. The summed E-state index contributed by atoms with van der Waals surface area (Å²) in [6.07, 6.45) is 1.78. The molecule has 0 saturated carbocycles. The molecule has 250 valence electrons. The number of esters is 1. The summed E-state index contributed by atoms with van der Waals surface area (Å²) in [5.74, 6) is 0.723. The topological polar surface area (TPSA) is 79.1 Å². The Morgan fingerprint density at radius 2 is 1.64 bits per heavy atom. The van der Waals surface area contributed by atoms with E-state index < -0.39 is 12.0 Å². The van der Waals surface area contributed by atoms with E-state index in [1.165, 1.54) is 11.3 Å². The zero-order valence-corrected chi connectivity index (χ0v) is 29.0. The molecule has 9 heteroatoms. The van der Waals surface area contributed by atoms with Gasteiger partial charge in [-0.25, -0.2) is 9.79 Å². The van der Waals surface area contributed by atoms with Crippen molar-refractivity contribution < 1.29 is 19.0 Å². The molecule has 0 N–H and O–H groups in total. The molecule has 5 aromatic carbocycles. The van der Waals surface area contributed by atoms with E-state index in [-0.39, 0.29) is 17.7 Å². The molecule has 0 radical (unpaired) electrons. The van der Waals surface area contributed by atoms with Gasteiger partial charge in [-0.05, 0) is 72.2 Å². The molecule has 0 bridgehead atoms. The van der Waals surface area contributed by atoms with Gasteiger partial charge in [0.2, 0.25) is 0 Å². The second kappa shape index (κ2) is 14.6. The Morgan fingerprint density at radius 1 is 0.880 bits per heavy atom. The minimum absolute atomic E-state index is 0.168. The Kier molecular flexibility index (Phi) is 9.65. The van der Waals surface area contributed by atoms with Crippen LogP contribution in [0.1, 0.15) is 42.1 Å². The Bertz CT molecular complexity index is 2410. The number of hydrogen-bond donors (Lipinski definition) is 0. The number of halogens is 1. The van der Waals surface area contributed by atoms with Crippen molar-refractivity contribution in [3.63, 3.8) is 0 Å². The molecule has 0 amide bonds. The standard InChI is InChI=1S/C41H33ClN2O5S/c1-3-47-32-20-17-28(18-21-32)38-36(40(46)48-4-2)37(27-12-6-5-7-13-27)43-41-44(38)39(45)35(50-41)24-30-23-31(42)19-22-34(30)49-25-29-15-10-14-26-11-8-9-16-33(26)29/h5-24,38H,3-4,25H2,1-2H3/b35-24-/t38-/m0/s1. The maximum atomic E-state index is 14.5. The van der Waals surface area contributed by atoms with Crippen LogP contribution in [0.4, 0.5) is 0 Å². The van der Waals surface area contributed by atoms with Crippen molar-refractivity contribution in [3.05, 3.63) is 168 Å². The molecule has 1 aliphatic heterocycles. The van der Waals surface area contributed by atoms with Crippen molar-refractivity contribution in [3.8, 4) is 11.5 Å². The summed E-state index contributed by atoms with van der Waals surface area (Å²) >= 11 is 7.73. The van der Waals surface area contributed by atoms with E-state index in [0.717, 1.165) is 27.5 Å². The minimum atomic E-state index is -0.806. The van der Waals surface area contributed by atoms with E-state index in [0.29, 0.717) is 50.3 Å². The number of aromatic nitrogens is 1. The van der Waals surface area contributed by atoms with Crippen molar-refractivity contribution in [1.29, 1.82) is 0 Å². The van der Waals surface area contributed by atoms with Gasteiger partial charge in [-0.1, -0.05) is 108 Å². The fourth-order valence-electron chi connectivity index (χ4n) is 6.15. The van der Waals surface area contributed by atoms with E-state index in [4.69, 9.17) is 30.8 Å². The second-order valence-electron chi connectivity index (χ2n) is 11.5. The van der Waals surface area contributed by atoms with Crippen molar-refractivity contribution in [2.24, 2.45) is 4.99 Å². The van der Waals surface area contributed by atoms with Crippen molar-refractivity contribution >= 4 is 51.5 Å². The molecule has 7 rings (SSSR count). The van der Waals surface area contributed by atoms with Crippen molar-refractivity contribution in [2.75, 3.05) is 13.2 Å². The first kappa shape index (κ1) is 33.1. The summed E-state index contributed by atoms with van der Waals surface area (Å²) in [7, 11) is 0. The number of ether oxygens (including phenoxy) is 3. The second-order valence-corrected chi connectivity index (χ2v) is 13.0. The van der Waals surface area contributed by atoms with Crippen molar-refractivity contribution in [2.45, 2.75) is 26.5 Å². The fraction of sp³-hybridized carbons (Fsp3) is 0.146. The molecular formula is C41H33ClN2O5S. The quantitative estimate of drug-likeness (QED) is 0.137. The minimum Gasteiger partial charge on any atom is -0.494 e. The molecule has 0 unspecified atom stereocenters. The third-order valence-electron chi connectivity index (χ3n) is 8.40. The zero-order chi connectivity index (χ0) is 34.6. The Labute approximate surface area is 298 Å². The van der Waals surface area contributed by atoms with Gasteiger partial charge < -0.3 is 14.2 Å². The zero-order valence-electron chi connectivity index (χ0n) is 27.5. The summed E-state index contributed by atoms with van der Waals surface area (Å²) in [5, 5.41) is 2.75. The summed E-state index contributed by atoms with van der Waals surface area (Å²) in [4.78, 5) is 33.7. The van der Waals surface area contributed by atoms with Crippen LogP contribution in [0.2, 0.25) is 5.02 Å². The largest absolute Gasteiger partial charge is 0.494 e. The lowest BCUT2D eigenvalue weighted by molar-refractivity contribution is -0.138. The number of carbonyl (C=O) groups is 1. The van der Waals surface area contributed by atoms with Crippen LogP contribution >= 0.6 is 22.9 Å². The van der Waals surface area contributed by atoms with Crippen molar-refractivity contribution in [1.82, 2.24) is 4.57 Å². The number of rotatable bonds is 10. The average molecular weight is 701 g/mol. The van der Waals surface area contributed by atoms with Gasteiger partial charge in [0.05, 0.1) is 35.1 Å². The van der Waals surface area contributed by atoms with Gasteiger partial charge >= 0.3 is 5.97 Å². The highest BCUT2D eigenvalue weighted by molar-refractivity contribution is 7.07. The van der Waals surface area contributed by atoms with E-state index in [2.05, 4.69) is 18.2 Å². The molecule has 2 heterocycles. The van der Waals surface area contributed by atoms with Gasteiger partial charge in [0.15, 0.2) is 4.80 Å². The van der Waals surface area contributed by atoms with Crippen LogP contribution in [0.3, 0.4) is 0 Å². The maximum Gasteiger partial charge on any atom is 0.338 e. The first-order valence-electron chi connectivity index (χ1n) is 16.4. The molecule has 0 aliphatic carbocycles. The van der Waals surface area contributed by atoms with Gasteiger partial charge in [-0.3, -0.25) is 9.36 Å². The van der Waals surface area contributed by atoms with Crippen LogP contribution in [0.5, 0.6) is 11.5 Å². The fourth-order valence-corrected chi connectivity index (χ4v) is 7.32. The lowest BCUT2D eigenvalue weighted by Gasteiger charge is -2.26. The van der Waals surface area contributed by atoms with Gasteiger partial charge in [0.1, 0.15) is 18.1 Å². The normalized spacial score (nSPS) is 14.3. The monoisotopic (exact) mass is 700 g/mol. The highest BCUT2D eigenvalue weighted by Crippen LogP contribution is 2.36. The van der Waals surface area contributed by atoms with Gasteiger partial charge in [-0.15, -0.1) is 0 Å². The lowest BCUT2D eigenvalue weighted by Crippen LogP contribution is -2.40. The molecule has 6 aromatic rings. The molecule has 7 nitrogen and oxygen atoms in total. The first-order valence-corrected chi connectivity index (χ1v) is 17.5. The van der Waals surface area contributed by atoms with E-state index in [1.807, 2.05) is 91.9 Å². The number of hydrogen-bond acceptors (Lipinski definition) is 7. The van der Waals surface area contributed by atoms with Gasteiger partial charge in [0.25, 0.3) is 5.56 Å².